The third-order valence-electron chi connectivity index (χ3n) is 22.1. The molecule has 442 valence electrons. The number of allylic oxidation sites excluding steroid dienone is 1. The highest BCUT2D eigenvalue weighted by molar-refractivity contribution is 5.36. The Kier molecular flexibility index (Phi) is 16.0. The van der Waals surface area contributed by atoms with Gasteiger partial charge in [-0.25, -0.2) is 0 Å². The van der Waals surface area contributed by atoms with Crippen LogP contribution in [-0.4, -0.2) is 245 Å². The van der Waals surface area contributed by atoms with E-state index < -0.39 is 177 Å². The predicted octanol–water partition coefficient (Wildman–Crippen LogP) is -2.57. The van der Waals surface area contributed by atoms with Crippen molar-refractivity contribution in [2.45, 2.75) is 240 Å². The van der Waals surface area contributed by atoms with E-state index in [4.69, 9.17) is 42.6 Å². The molecule has 0 unspecified atom stereocenters. The zero-order chi connectivity index (χ0) is 55.9. The molecule has 10 rings (SSSR count). The Labute approximate surface area is 448 Å². The average Bonchev–Trinajstić information content (AvgIpc) is 3.96. The van der Waals surface area contributed by atoms with Gasteiger partial charge in [0.25, 0.3) is 0 Å². The molecule has 23 nitrogen and oxygen atoms in total. The standard InChI is InChI=1S/C54H88O23/c1-23-41(75-44-38(66)35(63)32(60)24(18-55)71-44)42(76-45-39(67)36(64)33(61)25(19-56)72-45)43(77-46-40(68)37(65)34(62)26(20-57)73-46)47(70-23)74-31-10-11-49(4)27(50(31,5)21-58)8-12-51(6)28(49)9-13-54-29-16-48(2,3)14-15-53(29,22-69-54)30(59)17-52(51,54)7/h9,13,23-47,55-68H,8,10-12,14-22H2,1-7H3/t23-,24-,25-,26-,27-,28-,29-,30+,31+,32-,33-,34-,35+,36+,37+,38-,39-,40-,41+,42+,43-,44+,45+,46+,47+,49+,50+,51-,52+,53-,54+/m1/s1. The molecule has 5 saturated heterocycles. The summed E-state index contributed by atoms with van der Waals surface area (Å²) in [5.41, 5.74) is -3.00. The summed E-state index contributed by atoms with van der Waals surface area (Å²) in [5.74, 6) is -0.0497. The molecule has 0 amide bonds. The first kappa shape index (κ1) is 59.0. The summed E-state index contributed by atoms with van der Waals surface area (Å²) in [5, 5.41) is 154. The van der Waals surface area contributed by atoms with Crippen molar-refractivity contribution in [3.05, 3.63) is 12.2 Å². The van der Waals surface area contributed by atoms with Crippen LogP contribution in [-0.2, 0) is 42.6 Å². The van der Waals surface area contributed by atoms with E-state index in [1.165, 1.54) is 6.92 Å². The van der Waals surface area contributed by atoms with Gasteiger partial charge >= 0.3 is 0 Å². The van der Waals surface area contributed by atoms with Crippen molar-refractivity contribution in [2.75, 3.05) is 33.0 Å². The summed E-state index contributed by atoms with van der Waals surface area (Å²) in [7, 11) is 0. The molecule has 0 aromatic rings. The topological polar surface area (TPSA) is 366 Å². The molecule has 2 bridgehead atoms. The minimum atomic E-state index is -2.02. The van der Waals surface area contributed by atoms with E-state index in [0.29, 0.717) is 32.3 Å². The van der Waals surface area contributed by atoms with Crippen LogP contribution < -0.4 is 0 Å². The van der Waals surface area contributed by atoms with E-state index in [1.54, 1.807) is 0 Å². The quantitative estimate of drug-likeness (QED) is 0.0705. The second-order valence-electron chi connectivity index (χ2n) is 26.6. The molecule has 31 atom stereocenters. The predicted molar refractivity (Wildman–Crippen MR) is 262 cm³/mol. The molecule has 14 N–H and O–H groups in total. The molecule has 5 aliphatic carbocycles. The minimum absolute atomic E-state index is 0.0124. The lowest BCUT2D eigenvalue weighted by Gasteiger charge is -2.73. The van der Waals surface area contributed by atoms with Crippen molar-refractivity contribution in [2.24, 2.45) is 50.2 Å². The van der Waals surface area contributed by atoms with Crippen LogP contribution >= 0.6 is 0 Å². The van der Waals surface area contributed by atoms with Crippen LogP contribution in [0.25, 0.3) is 0 Å². The molecule has 0 radical (unpaired) electrons. The van der Waals surface area contributed by atoms with Crippen LogP contribution in [0.15, 0.2) is 12.2 Å². The highest BCUT2D eigenvalue weighted by Crippen LogP contribution is 2.79. The molecule has 4 saturated carbocycles. The SMILES string of the molecule is C[C@H]1O[C@@H](O[C@H]2CC[C@@]3(C)[C@@H](CC[C@]4(C)[C@@H]3C=C[C@]35OC[C@@]6(CCC(C)(C)C[C@H]63)[C@@H](O)C[C@]54C)[C@]2(C)CO)[C@H](O[C@@H]2O[C@H](CO)[C@@H](O)[C@H](O)[C@H]2O)[C@@H](O[C@@H]2O[C@H](CO)[C@@H](O)[C@H](O)[C@H]2O)[C@H]1O[C@@H]1O[C@H](CO)[C@@H](O)[C@H](O)[C@H]1O. The van der Waals surface area contributed by atoms with Crippen molar-refractivity contribution in [3.8, 4) is 0 Å². The number of hydrogen-bond acceptors (Lipinski definition) is 23. The number of aliphatic hydroxyl groups excluding tert-OH is 14. The lowest BCUT2D eigenvalue weighted by atomic mass is 9.32. The Hall–Kier alpha value is -1.18. The zero-order valence-electron chi connectivity index (χ0n) is 45.2. The average molecular weight is 1110 g/mol. The molecule has 5 heterocycles. The van der Waals surface area contributed by atoms with Gasteiger partial charge in [0.15, 0.2) is 25.2 Å². The summed E-state index contributed by atoms with van der Waals surface area (Å²) < 4.78 is 57.7. The van der Waals surface area contributed by atoms with E-state index in [-0.39, 0.29) is 40.6 Å². The maximum atomic E-state index is 12.3. The maximum absolute atomic E-state index is 12.3. The van der Waals surface area contributed by atoms with Gasteiger partial charge in [0.05, 0.1) is 56.9 Å². The van der Waals surface area contributed by atoms with Gasteiger partial charge < -0.3 is 114 Å². The molecule has 9 fully saturated rings. The number of ether oxygens (including phenoxy) is 9. The van der Waals surface area contributed by atoms with E-state index in [0.717, 1.165) is 25.7 Å². The van der Waals surface area contributed by atoms with Crippen molar-refractivity contribution in [1.29, 1.82) is 0 Å². The van der Waals surface area contributed by atoms with E-state index in [9.17, 15) is 71.5 Å². The monoisotopic (exact) mass is 1100 g/mol. The first-order valence-electron chi connectivity index (χ1n) is 28.0. The second-order valence-corrected chi connectivity index (χ2v) is 26.6. The molecular formula is C54H88O23. The van der Waals surface area contributed by atoms with Gasteiger partial charge in [-0.1, -0.05) is 53.7 Å². The van der Waals surface area contributed by atoms with E-state index in [2.05, 4.69) is 46.8 Å². The number of fused-ring (bicyclic) bond motifs is 4. The van der Waals surface area contributed by atoms with E-state index >= 15 is 0 Å². The normalized spacial score (nSPS) is 58.1. The lowest BCUT2D eigenvalue weighted by molar-refractivity contribution is -0.412. The Bertz CT molecular complexity index is 2120. The van der Waals surface area contributed by atoms with Gasteiger partial charge in [0.1, 0.15) is 91.6 Å². The Morgan fingerprint density at radius 2 is 1.04 bits per heavy atom. The van der Waals surface area contributed by atoms with Crippen LogP contribution in [0.3, 0.4) is 0 Å². The number of hydrogen-bond donors (Lipinski definition) is 14. The number of rotatable bonds is 12. The molecular weight excluding hydrogens is 1020 g/mol. The van der Waals surface area contributed by atoms with Crippen LogP contribution in [0, 0.1) is 50.2 Å². The summed E-state index contributed by atoms with van der Waals surface area (Å²) in [6, 6.07) is 0. The van der Waals surface area contributed by atoms with E-state index in [1.807, 2.05) is 6.92 Å². The molecule has 5 aliphatic heterocycles. The first-order chi connectivity index (χ1) is 36.2. The Morgan fingerprint density at radius 1 is 0.519 bits per heavy atom. The molecule has 10 aliphatic rings. The smallest absolute Gasteiger partial charge is 0.187 e. The summed E-state index contributed by atoms with van der Waals surface area (Å²) >= 11 is 0. The zero-order valence-corrected chi connectivity index (χ0v) is 45.2. The van der Waals surface area contributed by atoms with Crippen molar-refractivity contribution in [3.63, 3.8) is 0 Å². The molecule has 1 spiro atoms. The van der Waals surface area contributed by atoms with Gasteiger partial charge in [-0.15, -0.1) is 0 Å². The van der Waals surface area contributed by atoms with Gasteiger partial charge in [-0.05, 0) is 86.4 Å². The van der Waals surface area contributed by atoms with Gasteiger partial charge in [0.2, 0.25) is 0 Å². The summed E-state index contributed by atoms with van der Waals surface area (Å²) in [6.45, 7) is 12.8. The minimum Gasteiger partial charge on any atom is -0.396 e. The maximum Gasteiger partial charge on any atom is 0.187 e. The molecule has 0 aromatic carbocycles. The van der Waals surface area contributed by atoms with Crippen molar-refractivity contribution in [1.82, 2.24) is 0 Å². The molecule has 23 heteroatoms. The Morgan fingerprint density at radius 3 is 1.56 bits per heavy atom. The fourth-order valence-electron chi connectivity index (χ4n) is 17.3. The largest absolute Gasteiger partial charge is 0.396 e. The first-order valence-corrected chi connectivity index (χ1v) is 28.0. The van der Waals surface area contributed by atoms with Crippen LogP contribution in [0.4, 0.5) is 0 Å². The molecule has 77 heavy (non-hydrogen) atoms. The fraction of sp³-hybridized carbons (Fsp3) is 0.963. The molecule has 0 aromatic heterocycles. The van der Waals surface area contributed by atoms with Gasteiger partial charge in [-0.2, -0.15) is 0 Å². The van der Waals surface area contributed by atoms with Crippen LogP contribution in [0.1, 0.15) is 99.8 Å². The fourth-order valence-corrected chi connectivity index (χ4v) is 17.3. The second kappa shape index (κ2) is 20.9. The third-order valence-corrected chi connectivity index (χ3v) is 22.1. The lowest BCUT2D eigenvalue weighted by Crippen LogP contribution is -2.72. The number of aliphatic hydroxyl groups is 14. The van der Waals surface area contributed by atoms with Gasteiger partial charge in [0, 0.05) is 22.2 Å². The van der Waals surface area contributed by atoms with Gasteiger partial charge in [-0.3, -0.25) is 0 Å². The van der Waals surface area contributed by atoms with Crippen molar-refractivity contribution >= 4 is 0 Å². The highest BCUT2D eigenvalue weighted by atomic mass is 16.8. The summed E-state index contributed by atoms with van der Waals surface area (Å²) in [6.07, 6.45) is -25.9. The van der Waals surface area contributed by atoms with Crippen LogP contribution in [0.2, 0.25) is 0 Å². The van der Waals surface area contributed by atoms with Crippen molar-refractivity contribution < 1.29 is 114 Å². The summed E-state index contributed by atoms with van der Waals surface area (Å²) in [4.78, 5) is 0. The highest BCUT2D eigenvalue weighted by Gasteiger charge is 2.79. The Balaban J connectivity index is 1.01. The van der Waals surface area contributed by atoms with Crippen LogP contribution in [0.5, 0.6) is 0 Å². The third kappa shape index (κ3) is 8.84.